The van der Waals surface area contributed by atoms with E-state index < -0.39 is 22.5 Å². The number of rotatable bonds is 6. The average molecular weight is 317 g/mol. The van der Waals surface area contributed by atoms with Crippen molar-refractivity contribution < 1.29 is 13.4 Å². The van der Waals surface area contributed by atoms with Gasteiger partial charge in [0.25, 0.3) is 0 Å². The summed E-state index contributed by atoms with van der Waals surface area (Å²) in [4.78, 5) is 11.7. The van der Waals surface area contributed by atoms with Crippen molar-refractivity contribution in [2.45, 2.75) is 0 Å². The third-order valence-electron chi connectivity index (χ3n) is 2.79. The number of nitrogens with one attached hydrogen (secondary N) is 1. The molecule has 0 fully saturated rings. The van der Waals surface area contributed by atoms with Crippen LogP contribution in [0.25, 0.3) is 6.08 Å². The molecule has 2 rings (SSSR count). The van der Waals surface area contributed by atoms with E-state index >= 15 is 0 Å². The maximum absolute atomic E-state index is 13.0. The van der Waals surface area contributed by atoms with E-state index in [1.54, 1.807) is 12.1 Å². The van der Waals surface area contributed by atoms with Crippen molar-refractivity contribution in [3.05, 3.63) is 72.1 Å². The van der Waals surface area contributed by atoms with Gasteiger partial charge in [-0.2, -0.15) is 0 Å². The minimum absolute atomic E-state index is 0.115. The largest absolute Gasteiger partial charge is 0.325 e. The summed E-state index contributed by atoms with van der Waals surface area (Å²) in [6.07, 6.45) is 3.64. The van der Waals surface area contributed by atoms with E-state index in [2.05, 4.69) is 5.32 Å². The molecule has 114 valence electrons. The van der Waals surface area contributed by atoms with Gasteiger partial charge in [0.1, 0.15) is 11.6 Å². The highest BCUT2D eigenvalue weighted by molar-refractivity contribution is 7.85. The highest BCUT2D eigenvalue weighted by Crippen LogP contribution is 2.09. The Morgan fingerprint density at radius 2 is 1.91 bits per heavy atom. The van der Waals surface area contributed by atoms with Crippen LogP contribution in [-0.2, 0) is 15.6 Å². The molecule has 0 aliphatic carbocycles. The van der Waals surface area contributed by atoms with Gasteiger partial charge >= 0.3 is 0 Å². The molecule has 0 aliphatic rings. The highest BCUT2D eigenvalue weighted by atomic mass is 32.2. The second kappa shape index (κ2) is 8.24. The molecule has 1 amide bonds. The van der Waals surface area contributed by atoms with E-state index in [9.17, 15) is 13.4 Å². The van der Waals surface area contributed by atoms with Gasteiger partial charge in [0.05, 0.1) is 0 Å². The zero-order valence-electron chi connectivity index (χ0n) is 11.9. The maximum atomic E-state index is 13.0. The smallest absolute Gasteiger partial charge is 0.237 e. The van der Waals surface area contributed by atoms with Crippen LogP contribution in [0.2, 0.25) is 0 Å². The van der Waals surface area contributed by atoms with Gasteiger partial charge in [0, 0.05) is 22.2 Å². The summed E-state index contributed by atoms with van der Waals surface area (Å²) < 4.78 is 24.8. The first-order chi connectivity index (χ1) is 10.6. The molecule has 1 unspecified atom stereocenters. The number of carbonyl (C=O) groups excluding carboxylic acids is 1. The second-order valence-corrected chi connectivity index (χ2v) is 6.12. The van der Waals surface area contributed by atoms with Gasteiger partial charge in [0.15, 0.2) is 0 Å². The second-order valence-electron chi connectivity index (χ2n) is 4.62. The van der Waals surface area contributed by atoms with E-state index in [1.165, 1.54) is 18.2 Å². The van der Waals surface area contributed by atoms with E-state index in [-0.39, 0.29) is 5.75 Å². The summed E-state index contributed by atoms with van der Waals surface area (Å²) in [5.74, 6) is -0.636. The zero-order chi connectivity index (χ0) is 15.8. The molecule has 2 aromatic rings. The number of carbonyl (C=O) groups is 1. The summed E-state index contributed by atoms with van der Waals surface area (Å²) in [7, 11) is -1.30. The van der Waals surface area contributed by atoms with Crippen molar-refractivity contribution >= 4 is 28.5 Å². The topological polar surface area (TPSA) is 46.2 Å². The van der Waals surface area contributed by atoms with Gasteiger partial charge in [-0.15, -0.1) is 0 Å². The van der Waals surface area contributed by atoms with E-state index in [1.807, 2.05) is 36.4 Å². The van der Waals surface area contributed by atoms with E-state index in [0.29, 0.717) is 11.4 Å². The van der Waals surface area contributed by atoms with Gasteiger partial charge in [0.2, 0.25) is 5.91 Å². The Kier molecular flexibility index (Phi) is 6.03. The molecule has 5 heteroatoms. The Morgan fingerprint density at radius 3 is 2.64 bits per heavy atom. The Balaban J connectivity index is 1.79. The third-order valence-corrected chi connectivity index (χ3v) is 3.94. The number of benzene rings is 2. The monoisotopic (exact) mass is 317 g/mol. The molecule has 0 aromatic heterocycles. The Bertz CT molecular complexity index is 686. The molecule has 1 atom stereocenters. The SMILES string of the molecule is O=C(CS(=O)C/C=C/c1ccccc1)Nc1cccc(F)c1. The number of amides is 1. The molecular weight excluding hydrogens is 301 g/mol. The van der Waals surface area contributed by atoms with Crippen LogP contribution in [0.15, 0.2) is 60.7 Å². The Labute approximate surface area is 131 Å². The molecule has 0 aliphatic heterocycles. The molecule has 22 heavy (non-hydrogen) atoms. The number of hydrogen-bond donors (Lipinski definition) is 1. The van der Waals surface area contributed by atoms with Crippen LogP contribution in [0.4, 0.5) is 10.1 Å². The molecule has 0 bridgehead atoms. The van der Waals surface area contributed by atoms with Gasteiger partial charge in [-0.1, -0.05) is 48.6 Å². The summed E-state index contributed by atoms with van der Waals surface area (Å²) in [5, 5.41) is 2.53. The summed E-state index contributed by atoms with van der Waals surface area (Å²) >= 11 is 0. The Morgan fingerprint density at radius 1 is 1.14 bits per heavy atom. The molecular formula is C17H16FNO2S. The maximum Gasteiger partial charge on any atom is 0.237 e. The van der Waals surface area contributed by atoms with Crippen LogP contribution in [0, 0.1) is 5.82 Å². The first-order valence-corrected chi connectivity index (χ1v) is 8.24. The molecule has 1 N–H and O–H groups in total. The first-order valence-electron chi connectivity index (χ1n) is 6.75. The van der Waals surface area contributed by atoms with Gasteiger partial charge < -0.3 is 5.32 Å². The van der Waals surface area contributed by atoms with Crippen LogP contribution < -0.4 is 5.32 Å². The minimum Gasteiger partial charge on any atom is -0.325 e. The minimum atomic E-state index is -1.30. The Hall–Kier alpha value is -2.27. The fraction of sp³-hybridized carbons (Fsp3) is 0.118. The van der Waals surface area contributed by atoms with Crippen molar-refractivity contribution in [3.63, 3.8) is 0 Å². The lowest BCUT2D eigenvalue weighted by Crippen LogP contribution is -2.20. The molecule has 0 spiro atoms. The third kappa shape index (κ3) is 5.61. The lowest BCUT2D eigenvalue weighted by Gasteiger charge is -2.04. The zero-order valence-corrected chi connectivity index (χ0v) is 12.7. The summed E-state index contributed by atoms with van der Waals surface area (Å²) in [5.41, 5.74) is 1.38. The van der Waals surface area contributed by atoms with Crippen LogP contribution >= 0.6 is 0 Å². The lowest BCUT2D eigenvalue weighted by molar-refractivity contribution is -0.113. The van der Waals surface area contributed by atoms with E-state index in [4.69, 9.17) is 0 Å². The van der Waals surface area contributed by atoms with Crippen molar-refractivity contribution in [1.29, 1.82) is 0 Å². The number of hydrogen-bond acceptors (Lipinski definition) is 2. The van der Waals surface area contributed by atoms with Crippen molar-refractivity contribution in [2.75, 3.05) is 16.8 Å². The van der Waals surface area contributed by atoms with Crippen LogP contribution in [0.1, 0.15) is 5.56 Å². The normalized spacial score (nSPS) is 12.2. The quantitative estimate of drug-likeness (QED) is 0.889. The highest BCUT2D eigenvalue weighted by Gasteiger charge is 2.07. The fourth-order valence-electron chi connectivity index (χ4n) is 1.82. The average Bonchev–Trinajstić information content (AvgIpc) is 2.48. The molecule has 0 saturated carbocycles. The molecule has 0 heterocycles. The molecule has 3 nitrogen and oxygen atoms in total. The lowest BCUT2D eigenvalue weighted by atomic mass is 10.2. The van der Waals surface area contributed by atoms with E-state index in [0.717, 1.165) is 5.56 Å². The van der Waals surface area contributed by atoms with Gasteiger partial charge in [-0.3, -0.25) is 9.00 Å². The summed E-state index contributed by atoms with van der Waals surface area (Å²) in [6, 6.07) is 15.2. The van der Waals surface area contributed by atoms with Crippen LogP contribution in [-0.4, -0.2) is 21.6 Å². The predicted octanol–water partition coefficient (Wildman–Crippen LogP) is 3.23. The number of anilines is 1. The van der Waals surface area contributed by atoms with Crippen molar-refractivity contribution in [2.24, 2.45) is 0 Å². The van der Waals surface area contributed by atoms with Crippen molar-refractivity contribution in [3.8, 4) is 0 Å². The summed E-state index contributed by atoms with van der Waals surface area (Å²) in [6.45, 7) is 0. The molecule has 0 radical (unpaired) electrons. The number of halogens is 1. The van der Waals surface area contributed by atoms with Crippen LogP contribution in [0.3, 0.4) is 0 Å². The van der Waals surface area contributed by atoms with Crippen molar-refractivity contribution in [1.82, 2.24) is 0 Å². The van der Waals surface area contributed by atoms with Crippen LogP contribution in [0.5, 0.6) is 0 Å². The fourth-order valence-corrected chi connectivity index (χ4v) is 2.62. The molecule has 2 aromatic carbocycles. The standard InChI is InChI=1S/C17H16FNO2S/c18-15-9-4-10-16(12-15)19-17(20)13-22(21)11-5-8-14-6-2-1-3-7-14/h1-10,12H,11,13H2,(H,19,20)/b8-5+. The molecule has 0 saturated heterocycles. The van der Waals surface area contributed by atoms with Gasteiger partial charge in [-0.05, 0) is 23.8 Å². The predicted molar refractivity (Wildman–Crippen MR) is 88.4 cm³/mol. The van der Waals surface area contributed by atoms with Gasteiger partial charge in [-0.25, -0.2) is 4.39 Å². The first kappa shape index (κ1) is 16.1.